The van der Waals surface area contributed by atoms with Crippen molar-refractivity contribution >= 4 is 11.8 Å². The van der Waals surface area contributed by atoms with E-state index in [4.69, 9.17) is 4.74 Å². The van der Waals surface area contributed by atoms with Crippen LogP contribution in [0.3, 0.4) is 0 Å². The molecule has 0 aromatic rings. The Hall–Kier alpha value is -1.10. The van der Waals surface area contributed by atoms with E-state index in [9.17, 15) is 9.59 Å². The standard InChI is InChI=1S/C11H18N2O3/c14-10(11(15)13-5-1-2-6-13)12-8-9-4-3-7-16-9/h9H,1-8H2,(H,12,14). The highest BCUT2D eigenvalue weighted by Gasteiger charge is 2.25. The molecule has 0 spiro atoms. The number of hydrogen-bond donors (Lipinski definition) is 1. The van der Waals surface area contributed by atoms with Gasteiger partial charge in [0.15, 0.2) is 0 Å². The zero-order valence-electron chi connectivity index (χ0n) is 9.41. The molecule has 2 aliphatic rings. The van der Waals surface area contributed by atoms with Crippen molar-refractivity contribution < 1.29 is 14.3 Å². The first-order chi connectivity index (χ1) is 7.77. The molecule has 0 aromatic carbocycles. The van der Waals surface area contributed by atoms with Crippen LogP contribution in [0.25, 0.3) is 0 Å². The number of amides is 2. The van der Waals surface area contributed by atoms with Crippen LogP contribution in [-0.2, 0) is 14.3 Å². The van der Waals surface area contributed by atoms with Crippen molar-refractivity contribution in [2.75, 3.05) is 26.2 Å². The topological polar surface area (TPSA) is 58.6 Å². The Morgan fingerprint density at radius 2 is 2.00 bits per heavy atom. The Balaban J connectivity index is 1.71. The molecule has 2 aliphatic heterocycles. The summed E-state index contributed by atoms with van der Waals surface area (Å²) in [7, 11) is 0. The summed E-state index contributed by atoms with van der Waals surface area (Å²) in [5.74, 6) is -0.882. The van der Waals surface area contributed by atoms with Gasteiger partial charge in [0, 0.05) is 26.2 Å². The van der Waals surface area contributed by atoms with Crippen molar-refractivity contribution in [2.45, 2.75) is 31.8 Å². The Morgan fingerprint density at radius 3 is 2.62 bits per heavy atom. The number of carbonyl (C=O) groups excluding carboxylic acids is 2. The van der Waals surface area contributed by atoms with E-state index < -0.39 is 11.8 Å². The smallest absolute Gasteiger partial charge is 0.311 e. The van der Waals surface area contributed by atoms with Gasteiger partial charge in [-0.25, -0.2) is 0 Å². The van der Waals surface area contributed by atoms with Gasteiger partial charge >= 0.3 is 11.8 Å². The van der Waals surface area contributed by atoms with Crippen molar-refractivity contribution in [2.24, 2.45) is 0 Å². The molecule has 2 fully saturated rings. The van der Waals surface area contributed by atoms with Crippen LogP contribution in [0.5, 0.6) is 0 Å². The number of nitrogens with zero attached hydrogens (tertiary/aromatic N) is 1. The fourth-order valence-corrected chi connectivity index (χ4v) is 2.15. The highest BCUT2D eigenvalue weighted by atomic mass is 16.5. The van der Waals surface area contributed by atoms with Crippen LogP contribution in [0, 0.1) is 0 Å². The van der Waals surface area contributed by atoms with E-state index in [-0.39, 0.29) is 6.10 Å². The fraction of sp³-hybridized carbons (Fsp3) is 0.818. The maximum atomic E-state index is 11.6. The van der Waals surface area contributed by atoms with Gasteiger partial charge in [0.2, 0.25) is 0 Å². The summed E-state index contributed by atoms with van der Waals surface area (Å²) < 4.78 is 5.37. The van der Waals surface area contributed by atoms with E-state index in [1.807, 2.05) is 0 Å². The van der Waals surface area contributed by atoms with Crippen molar-refractivity contribution in [1.82, 2.24) is 10.2 Å². The monoisotopic (exact) mass is 226 g/mol. The quantitative estimate of drug-likeness (QED) is 0.669. The predicted molar refractivity (Wildman–Crippen MR) is 57.8 cm³/mol. The van der Waals surface area contributed by atoms with E-state index >= 15 is 0 Å². The first-order valence-corrected chi connectivity index (χ1v) is 5.96. The summed E-state index contributed by atoms with van der Waals surface area (Å²) >= 11 is 0. The molecule has 2 heterocycles. The molecule has 0 bridgehead atoms. The SMILES string of the molecule is O=C(NCC1CCCO1)C(=O)N1CCCC1. The minimum atomic E-state index is -0.489. The average molecular weight is 226 g/mol. The van der Waals surface area contributed by atoms with E-state index in [1.165, 1.54) is 0 Å². The molecule has 1 unspecified atom stereocenters. The zero-order chi connectivity index (χ0) is 11.4. The van der Waals surface area contributed by atoms with Crippen LogP contribution < -0.4 is 5.32 Å². The maximum Gasteiger partial charge on any atom is 0.311 e. The largest absolute Gasteiger partial charge is 0.376 e. The number of nitrogens with one attached hydrogen (secondary N) is 1. The predicted octanol–water partition coefficient (Wildman–Crippen LogP) is -0.0960. The first kappa shape index (κ1) is 11.4. The van der Waals surface area contributed by atoms with Crippen molar-refractivity contribution in [3.63, 3.8) is 0 Å². The molecule has 90 valence electrons. The molecule has 2 saturated heterocycles. The average Bonchev–Trinajstić information content (AvgIpc) is 2.96. The van der Waals surface area contributed by atoms with Gasteiger partial charge in [-0.05, 0) is 25.7 Å². The van der Waals surface area contributed by atoms with Crippen LogP contribution in [0.2, 0.25) is 0 Å². The third-order valence-electron chi connectivity index (χ3n) is 3.10. The van der Waals surface area contributed by atoms with Gasteiger partial charge in [-0.2, -0.15) is 0 Å². The zero-order valence-corrected chi connectivity index (χ0v) is 9.41. The summed E-state index contributed by atoms with van der Waals surface area (Å²) in [5.41, 5.74) is 0. The first-order valence-electron chi connectivity index (χ1n) is 5.96. The van der Waals surface area contributed by atoms with E-state index in [2.05, 4.69) is 5.32 Å². The van der Waals surface area contributed by atoms with Crippen LogP contribution in [-0.4, -0.2) is 49.1 Å². The molecule has 0 saturated carbocycles. The maximum absolute atomic E-state index is 11.6. The third kappa shape index (κ3) is 2.72. The summed E-state index contributed by atoms with van der Waals surface area (Å²) in [6.45, 7) is 2.65. The minimum absolute atomic E-state index is 0.0929. The molecule has 2 amide bonds. The lowest BCUT2D eigenvalue weighted by atomic mass is 10.2. The van der Waals surface area contributed by atoms with Gasteiger partial charge in [-0.15, -0.1) is 0 Å². The summed E-state index contributed by atoms with van der Waals surface area (Å²) in [4.78, 5) is 24.8. The molecular weight excluding hydrogens is 208 g/mol. The lowest BCUT2D eigenvalue weighted by Crippen LogP contribution is -2.43. The molecule has 16 heavy (non-hydrogen) atoms. The molecule has 2 rings (SSSR count). The van der Waals surface area contributed by atoms with Crippen molar-refractivity contribution in [1.29, 1.82) is 0 Å². The molecule has 1 N–H and O–H groups in total. The van der Waals surface area contributed by atoms with Gasteiger partial charge in [-0.3, -0.25) is 9.59 Å². The normalized spacial score (nSPS) is 24.8. The molecule has 0 aromatic heterocycles. The number of ether oxygens (including phenoxy) is 1. The Labute approximate surface area is 95.1 Å². The van der Waals surface area contributed by atoms with E-state index in [0.29, 0.717) is 19.6 Å². The summed E-state index contributed by atoms with van der Waals surface area (Å²) in [5, 5.41) is 2.65. The number of rotatable bonds is 2. The lowest BCUT2D eigenvalue weighted by Gasteiger charge is -2.15. The van der Waals surface area contributed by atoms with E-state index in [1.54, 1.807) is 4.90 Å². The molecular formula is C11H18N2O3. The lowest BCUT2D eigenvalue weighted by molar-refractivity contribution is -0.145. The highest BCUT2D eigenvalue weighted by molar-refractivity contribution is 6.35. The number of hydrogen-bond acceptors (Lipinski definition) is 3. The molecule has 5 heteroatoms. The Bertz CT molecular complexity index is 268. The molecule has 5 nitrogen and oxygen atoms in total. The van der Waals surface area contributed by atoms with Crippen LogP contribution in [0.15, 0.2) is 0 Å². The molecule has 0 radical (unpaired) electrons. The second-order valence-electron chi connectivity index (χ2n) is 4.34. The molecule has 0 aliphatic carbocycles. The third-order valence-corrected chi connectivity index (χ3v) is 3.10. The summed E-state index contributed by atoms with van der Waals surface area (Å²) in [6.07, 6.45) is 4.12. The van der Waals surface area contributed by atoms with Crippen LogP contribution in [0.1, 0.15) is 25.7 Å². The van der Waals surface area contributed by atoms with Crippen LogP contribution in [0.4, 0.5) is 0 Å². The number of carbonyl (C=O) groups is 2. The van der Waals surface area contributed by atoms with Gasteiger partial charge in [0.05, 0.1) is 6.10 Å². The minimum Gasteiger partial charge on any atom is -0.376 e. The van der Waals surface area contributed by atoms with Crippen LogP contribution >= 0.6 is 0 Å². The van der Waals surface area contributed by atoms with E-state index in [0.717, 1.165) is 32.3 Å². The highest BCUT2D eigenvalue weighted by Crippen LogP contribution is 2.11. The summed E-state index contributed by atoms with van der Waals surface area (Å²) in [6, 6.07) is 0. The molecule has 1 atom stereocenters. The van der Waals surface area contributed by atoms with Gasteiger partial charge < -0.3 is 15.0 Å². The van der Waals surface area contributed by atoms with Gasteiger partial charge in [-0.1, -0.05) is 0 Å². The van der Waals surface area contributed by atoms with Gasteiger partial charge in [0.1, 0.15) is 0 Å². The van der Waals surface area contributed by atoms with Gasteiger partial charge in [0.25, 0.3) is 0 Å². The Morgan fingerprint density at radius 1 is 1.25 bits per heavy atom. The Kier molecular flexibility index (Phi) is 3.77. The second kappa shape index (κ2) is 5.30. The second-order valence-corrected chi connectivity index (χ2v) is 4.34. The fourth-order valence-electron chi connectivity index (χ4n) is 2.15. The van der Waals surface area contributed by atoms with Crippen molar-refractivity contribution in [3.05, 3.63) is 0 Å². The number of likely N-dealkylation sites (tertiary alicyclic amines) is 1. The van der Waals surface area contributed by atoms with Crippen molar-refractivity contribution in [3.8, 4) is 0 Å².